The highest BCUT2D eigenvalue weighted by Crippen LogP contribution is 2.19. The van der Waals surface area contributed by atoms with E-state index >= 15 is 0 Å². The lowest BCUT2D eigenvalue weighted by molar-refractivity contribution is -0.384. The van der Waals surface area contributed by atoms with Crippen LogP contribution in [0.4, 0.5) is 11.4 Å². The van der Waals surface area contributed by atoms with Gasteiger partial charge in [0.05, 0.1) is 4.92 Å². The molecule has 0 atom stereocenters. The Labute approximate surface area is 132 Å². The van der Waals surface area contributed by atoms with Crippen LogP contribution in [0, 0.1) is 10.1 Å². The zero-order chi connectivity index (χ0) is 15.8. The van der Waals surface area contributed by atoms with Crippen molar-refractivity contribution in [1.82, 2.24) is 0 Å². The topological polar surface area (TPSA) is 72.2 Å². The molecule has 0 unspecified atom stereocenters. The van der Waals surface area contributed by atoms with Gasteiger partial charge in [0.2, 0.25) is 5.91 Å². The normalized spacial score (nSPS) is 10.2. The van der Waals surface area contributed by atoms with Crippen molar-refractivity contribution in [3.05, 3.63) is 64.7 Å². The smallest absolute Gasteiger partial charge is 0.269 e. The first-order chi connectivity index (χ1) is 10.6. The van der Waals surface area contributed by atoms with Crippen molar-refractivity contribution in [3.8, 4) is 0 Å². The summed E-state index contributed by atoms with van der Waals surface area (Å²) in [6, 6.07) is 15.9. The Morgan fingerprint density at radius 1 is 1.09 bits per heavy atom. The van der Waals surface area contributed by atoms with E-state index in [9.17, 15) is 14.9 Å². The molecule has 0 aromatic heterocycles. The minimum atomic E-state index is -0.466. The molecular weight excluding hydrogens is 300 g/mol. The van der Waals surface area contributed by atoms with Crippen molar-refractivity contribution in [1.29, 1.82) is 0 Å². The summed E-state index contributed by atoms with van der Waals surface area (Å²) in [7, 11) is 0. The van der Waals surface area contributed by atoms with Gasteiger partial charge in [0.1, 0.15) is 0 Å². The number of carbonyl (C=O) groups excluding carboxylic acids is 1. The minimum Gasteiger partial charge on any atom is -0.326 e. The number of amides is 1. The van der Waals surface area contributed by atoms with Gasteiger partial charge in [-0.25, -0.2) is 0 Å². The van der Waals surface area contributed by atoms with E-state index in [4.69, 9.17) is 0 Å². The highest BCUT2D eigenvalue weighted by Gasteiger charge is 2.06. The van der Waals surface area contributed by atoms with Gasteiger partial charge in [0.15, 0.2) is 0 Å². The maximum atomic E-state index is 11.8. The van der Waals surface area contributed by atoms with Gasteiger partial charge in [-0.05, 0) is 36.4 Å². The van der Waals surface area contributed by atoms with Crippen LogP contribution in [0.5, 0.6) is 0 Å². The lowest BCUT2D eigenvalue weighted by Gasteiger charge is -2.05. The molecule has 5 nitrogen and oxygen atoms in total. The quantitative estimate of drug-likeness (QED) is 0.361. The highest BCUT2D eigenvalue weighted by molar-refractivity contribution is 7.99. The number of thioether (sulfide) groups is 1. The molecule has 1 N–H and O–H groups in total. The molecule has 0 saturated heterocycles. The van der Waals surface area contributed by atoms with Gasteiger partial charge in [-0.1, -0.05) is 18.2 Å². The van der Waals surface area contributed by atoms with Crippen LogP contribution in [0.15, 0.2) is 59.5 Å². The van der Waals surface area contributed by atoms with Gasteiger partial charge in [-0.3, -0.25) is 14.9 Å². The molecule has 6 heteroatoms. The molecule has 0 aliphatic carbocycles. The van der Waals surface area contributed by atoms with E-state index in [-0.39, 0.29) is 11.6 Å². The summed E-state index contributed by atoms with van der Waals surface area (Å²) in [5.74, 6) is 0.792. The van der Waals surface area contributed by atoms with Gasteiger partial charge < -0.3 is 5.32 Å². The first-order valence-electron chi connectivity index (χ1n) is 6.87. The van der Waals surface area contributed by atoms with Crippen LogP contribution in [0.1, 0.15) is 12.8 Å². The van der Waals surface area contributed by atoms with Crippen molar-refractivity contribution in [2.45, 2.75) is 17.7 Å². The van der Waals surface area contributed by atoms with Crippen molar-refractivity contribution < 1.29 is 9.72 Å². The van der Waals surface area contributed by atoms with Gasteiger partial charge in [-0.2, -0.15) is 0 Å². The predicted molar refractivity (Wildman–Crippen MR) is 88.1 cm³/mol. The first-order valence-corrected chi connectivity index (χ1v) is 7.86. The molecule has 2 rings (SSSR count). The second-order valence-corrected chi connectivity index (χ2v) is 5.79. The Bertz CT molecular complexity index is 630. The van der Waals surface area contributed by atoms with E-state index in [2.05, 4.69) is 5.32 Å². The summed E-state index contributed by atoms with van der Waals surface area (Å²) in [5, 5.41) is 13.3. The molecule has 2 aromatic carbocycles. The second-order valence-electron chi connectivity index (χ2n) is 4.62. The van der Waals surface area contributed by atoms with E-state index in [0.29, 0.717) is 12.1 Å². The molecule has 0 bridgehead atoms. The van der Waals surface area contributed by atoms with Crippen LogP contribution in [-0.4, -0.2) is 16.6 Å². The van der Waals surface area contributed by atoms with Crippen molar-refractivity contribution in [3.63, 3.8) is 0 Å². The fraction of sp³-hybridized carbons (Fsp3) is 0.188. The number of anilines is 1. The number of nitro benzene ring substituents is 1. The van der Waals surface area contributed by atoms with E-state index in [0.717, 1.165) is 12.2 Å². The zero-order valence-electron chi connectivity index (χ0n) is 11.9. The van der Waals surface area contributed by atoms with Gasteiger partial charge >= 0.3 is 0 Å². The Morgan fingerprint density at radius 3 is 2.41 bits per heavy atom. The summed E-state index contributed by atoms with van der Waals surface area (Å²) in [5.41, 5.74) is 0.587. The molecule has 0 heterocycles. The maximum Gasteiger partial charge on any atom is 0.269 e. The molecule has 2 aromatic rings. The number of hydrogen-bond donors (Lipinski definition) is 1. The van der Waals surface area contributed by atoms with Crippen LogP contribution in [0.3, 0.4) is 0 Å². The van der Waals surface area contributed by atoms with E-state index < -0.39 is 4.92 Å². The maximum absolute atomic E-state index is 11.8. The molecule has 0 fully saturated rings. The molecule has 22 heavy (non-hydrogen) atoms. The summed E-state index contributed by atoms with van der Waals surface area (Å²) >= 11 is 1.72. The van der Waals surface area contributed by atoms with Gasteiger partial charge in [0, 0.05) is 29.1 Å². The zero-order valence-corrected chi connectivity index (χ0v) is 12.7. The second kappa shape index (κ2) is 8.19. The van der Waals surface area contributed by atoms with Crippen molar-refractivity contribution in [2.24, 2.45) is 0 Å². The molecule has 0 spiro atoms. The molecule has 0 radical (unpaired) electrons. The number of nitro groups is 1. The third-order valence-electron chi connectivity index (χ3n) is 2.92. The summed E-state index contributed by atoms with van der Waals surface area (Å²) in [6.45, 7) is 0. The fourth-order valence-corrected chi connectivity index (χ4v) is 2.70. The third-order valence-corrected chi connectivity index (χ3v) is 4.02. The Kier molecular flexibility index (Phi) is 5.97. The SMILES string of the molecule is O=C(CCCSc1ccccc1)Nc1ccc([N+](=O)[O-])cc1. The minimum absolute atomic E-state index is 0.0114. The average molecular weight is 316 g/mol. The van der Waals surface area contributed by atoms with E-state index in [1.54, 1.807) is 11.8 Å². The van der Waals surface area contributed by atoms with Gasteiger partial charge in [-0.15, -0.1) is 11.8 Å². The Hall–Kier alpha value is -2.34. The number of nitrogens with zero attached hydrogens (tertiary/aromatic N) is 1. The number of nitrogens with one attached hydrogen (secondary N) is 1. The summed E-state index contributed by atoms with van der Waals surface area (Å²) in [6.07, 6.45) is 1.20. The van der Waals surface area contributed by atoms with Crippen LogP contribution in [0.2, 0.25) is 0 Å². The third kappa shape index (κ3) is 5.21. The van der Waals surface area contributed by atoms with Crippen LogP contribution in [0.25, 0.3) is 0 Å². The van der Waals surface area contributed by atoms with Crippen LogP contribution < -0.4 is 5.32 Å². The summed E-state index contributed by atoms with van der Waals surface area (Å²) in [4.78, 5) is 23.1. The van der Waals surface area contributed by atoms with E-state index in [1.807, 2.05) is 30.3 Å². The largest absolute Gasteiger partial charge is 0.326 e. The molecular formula is C16H16N2O3S. The van der Waals surface area contributed by atoms with Crippen molar-refractivity contribution in [2.75, 3.05) is 11.1 Å². The average Bonchev–Trinajstić information content (AvgIpc) is 2.53. The first kappa shape index (κ1) is 16.0. The van der Waals surface area contributed by atoms with E-state index in [1.165, 1.54) is 29.2 Å². The number of carbonyl (C=O) groups is 1. The standard InChI is InChI=1S/C16H16N2O3S/c19-16(7-4-12-22-15-5-2-1-3-6-15)17-13-8-10-14(11-9-13)18(20)21/h1-3,5-6,8-11H,4,7,12H2,(H,17,19). The summed E-state index contributed by atoms with van der Waals surface area (Å²) < 4.78 is 0. The van der Waals surface area contributed by atoms with Crippen molar-refractivity contribution >= 4 is 29.0 Å². The Balaban J connectivity index is 1.70. The molecule has 0 aliphatic rings. The number of benzene rings is 2. The predicted octanol–water partition coefficient (Wildman–Crippen LogP) is 4.11. The van der Waals surface area contributed by atoms with Gasteiger partial charge in [0.25, 0.3) is 5.69 Å². The molecule has 0 saturated carbocycles. The van der Waals surface area contributed by atoms with Crippen LogP contribution >= 0.6 is 11.8 Å². The fourth-order valence-electron chi connectivity index (χ4n) is 1.83. The monoisotopic (exact) mass is 316 g/mol. The highest BCUT2D eigenvalue weighted by atomic mass is 32.2. The van der Waals surface area contributed by atoms with Crippen LogP contribution in [-0.2, 0) is 4.79 Å². The number of rotatable bonds is 7. The molecule has 0 aliphatic heterocycles. The molecule has 1 amide bonds. The lowest BCUT2D eigenvalue weighted by Crippen LogP contribution is -2.11. The lowest BCUT2D eigenvalue weighted by atomic mass is 10.2. The Morgan fingerprint density at radius 2 is 1.77 bits per heavy atom. The number of non-ortho nitro benzene ring substituents is 1. The number of hydrogen-bond acceptors (Lipinski definition) is 4. The molecule has 114 valence electrons.